The Hall–Kier alpha value is -1.35. The average Bonchev–Trinajstić information content (AvgIpc) is 2.94. The van der Waals surface area contributed by atoms with E-state index in [9.17, 15) is 4.79 Å². The average molecular weight is 260 g/mol. The van der Waals surface area contributed by atoms with E-state index in [4.69, 9.17) is 5.73 Å². The van der Waals surface area contributed by atoms with Gasteiger partial charge < -0.3 is 10.6 Å². The van der Waals surface area contributed by atoms with Gasteiger partial charge in [0.25, 0.3) is 0 Å². The number of hydrogen-bond acceptors (Lipinski definition) is 2. The number of rotatable bonds is 5. The minimum Gasteiger partial charge on any atom is -0.339 e. The van der Waals surface area contributed by atoms with E-state index in [1.807, 2.05) is 42.2 Å². The summed E-state index contributed by atoms with van der Waals surface area (Å²) in [5.74, 6) is 0.109. The molecule has 3 heteroatoms. The predicted molar refractivity (Wildman–Crippen MR) is 77.8 cm³/mol. The molecule has 1 fully saturated rings. The zero-order valence-corrected chi connectivity index (χ0v) is 11.7. The van der Waals surface area contributed by atoms with Gasteiger partial charge in [0, 0.05) is 12.6 Å². The van der Waals surface area contributed by atoms with Gasteiger partial charge in [0.05, 0.1) is 6.04 Å². The Balaban J connectivity index is 1.97. The Kier molecular flexibility index (Phi) is 4.97. The van der Waals surface area contributed by atoms with Crippen molar-refractivity contribution >= 4 is 5.91 Å². The molecule has 0 aromatic heterocycles. The maximum Gasteiger partial charge on any atom is 0.240 e. The number of hydrogen-bond donors (Lipinski definition) is 1. The summed E-state index contributed by atoms with van der Waals surface area (Å²) in [4.78, 5) is 14.5. The molecule has 1 atom stereocenters. The van der Waals surface area contributed by atoms with Crippen LogP contribution in [0.3, 0.4) is 0 Å². The van der Waals surface area contributed by atoms with Crippen LogP contribution in [0.15, 0.2) is 30.3 Å². The van der Waals surface area contributed by atoms with Gasteiger partial charge in [-0.15, -0.1) is 0 Å². The zero-order valence-electron chi connectivity index (χ0n) is 11.7. The Morgan fingerprint density at radius 2 is 1.95 bits per heavy atom. The summed E-state index contributed by atoms with van der Waals surface area (Å²) in [5.41, 5.74) is 7.23. The van der Waals surface area contributed by atoms with Crippen LogP contribution in [0, 0.1) is 0 Å². The minimum atomic E-state index is -0.414. The van der Waals surface area contributed by atoms with E-state index in [1.54, 1.807) is 0 Å². The molecule has 0 saturated heterocycles. The Morgan fingerprint density at radius 1 is 1.32 bits per heavy atom. The van der Waals surface area contributed by atoms with E-state index < -0.39 is 6.04 Å². The van der Waals surface area contributed by atoms with Crippen LogP contribution in [0.5, 0.6) is 0 Å². The summed E-state index contributed by atoms with van der Waals surface area (Å²) in [5, 5.41) is 0. The largest absolute Gasteiger partial charge is 0.339 e. The highest BCUT2D eigenvalue weighted by atomic mass is 16.2. The minimum absolute atomic E-state index is 0.109. The third kappa shape index (κ3) is 3.57. The van der Waals surface area contributed by atoms with Crippen molar-refractivity contribution in [3.05, 3.63) is 35.9 Å². The van der Waals surface area contributed by atoms with Crippen LogP contribution in [0.4, 0.5) is 0 Å². The lowest BCUT2D eigenvalue weighted by Crippen LogP contribution is -2.48. The second kappa shape index (κ2) is 6.71. The van der Waals surface area contributed by atoms with Crippen LogP contribution in [-0.2, 0) is 11.2 Å². The fourth-order valence-corrected chi connectivity index (χ4v) is 2.98. The SMILES string of the molecule is CCN(C(=O)C(N)Cc1ccccc1)C1CCCC1. The molecule has 19 heavy (non-hydrogen) atoms. The fourth-order valence-electron chi connectivity index (χ4n) is 2.98. The summed E-state index contributed by atoms with van der Waals surface area (Å²) < 4.78 is 0. The molecule has 1 aromatic carbocycles. The molecular weight excluding hydrogens is 236 g/mol. The van der Waals surface area contributed by atoms with E-state index in [0.717, 1.165) is 24.9 Å². The van der Waals surface area contributed by atoms with Crippen molar-refractivity contribution in [3.63, 3.8) is 0 Å². The smallest absolute Gasteiger partial charge is 0.240 e. The van der Waals surface area contributed by atoms with Gasteiger partial charge in [0.2, 0.25) is 5.91 Å². The third-order valence-electron chi connectivity index (χ3n) is 4.00. The van der Waals surface area contributed by atoms with Crippen molar-refractivity contribution in [2.75, 3.05) is 6.54 Å². The summed E-state index contributed by atoms with van der Waals surface area (Å²) in [6, 6.07) is 10.0. The first-order chi connectivity index (χ1) is 9.22. The maximum atomic E-state index is 12.5. The molecule has 1 aromatic rings. The summed E-state index contributed by atoms with van der Waals surface area (Å²) in [6.07, 6.45) is 5.38. The molecule has 1 aliphatic carbocycles. The molecule has 0 aliphatic heterocycles. The van der Waals surface area contributed by atoms with E-state index >= 15 is 0 Å². The highest BCUT2D eigenvalue weighted by Gasteiger charge is 2.28. The highest BCUT2D eigenvalue weighted by molar-refractivity contribution is 5.82. The van der Waals surface area contributed by atoms with E-state index in [-0.39, 0.29) is 5.91 Å². The van der Waals surface area contributed by atoms with E-state index in [1.165, 1.54) is 12.8 Å². The second-order valence-electron chi connectivity index (χ2n) is 5.36. The number of carbonyl (C=O) groups excluding carboxylic acids is 1. The topological polar surface area (TPSA) is 46.3 Å². The number of nitrogens with two attached hydrogens (primary N) is 1. The van der Waals surface area contributed by atoms with Crippen molar-refractivity contribution in [2.24, 2.45) is 5.73 Å². The van der Waals surface area contributed by atoms with E-state index in [2.05, 4.69) is 0 Å². The molecule has 2 rings (SSSR count). The predicted octanol–water partition coefficient (Wildman–Crippen LogP) is 2.35. The van der Waals surface area contributed by atoms with Crippen molar-refractivity contribution in [1.29, 1.82) is 0 Å². The first kappa shape index (κ1) is 14.1. The van der Waals surface area contributed by atoms with E-state index in [0.29, 0.717) is 12.5 Å². The van der Waals surface area contributed by atoms with Gasteiger partial charge in [-0.05, 0) is 31.7 Å². The molecule has 0 bridgehead atoms. The molecule has 1 amide bonds. The lowest BCUT2D eigenvalue weighted by Gasteiger charge is -2.30. The van der Waals surface area contributed by atoms with Crippen LogP contribution < -0.4 is 5.73 Å². The molecular formula is C16H24N2O. The van der Waals surface area contributed by atoms with Crippen LogP contribution in [0.2, 0.25) is 0 Å². The fraction of sp³-hybridized carbons (Fsp3) is 0.562. The molecule has 0 heterocycles. The maximum absolute atomic E-state index is 12.5. The number of nitrogens with zero attached hydrogens (tertiary/aromatic N) is 1. The first-order valence-corrected chi connectivity index (χ1v) is 7.32. The normalized spacial score (nSPS) is 17.4. The van der Waals surface area contributed by atoms with Crippen molar-refractivity contribution in [1.82, 2.24) is 4.90 Å². The zero-order chi connectivity index (χ0) is 13.7. The highest BCUT2D eigenvalue weighted by Crippen LogP contribution is 2.24. The van der Waals surface area contributed by atoms with Crippen LogP contribution in [-0.4, -0.2) is 29.4 Å². The molecule has 1 aliphatic rings. The van der Waals surface area contributed by atoms with Crippen molar-refractivity contribution < 1.29 is 4.79 Å². The van der Waals surface area contributed by atoms with Gasteiger partial charge in [-0.1, -0.05) is 43.2 Å². The Morgan fingerprint density at radius 3 is 2.53 bits per heavy atom. The quantitative estimate of drug-likeness (QED) is 0.883. The molecule has 3 nitrogen and oxygen atoms in total. The van der Waals surface area contributed by atoms with Gasteiger partial charge in [0.1, 0.15) is 0 Å². The van der Waals surface area contributed by atoms with Gasteiger partial charge >= 0.3 is 0 Å². The van der Waals surface area contributed by atoms with Crippen LogP contribution in [0.1, 0.15) is 38.2 Å². The molecule has 0 spiro atoms. The van der Waals surface area contributed by atoms with Crippen LogP contribution in [0.25, 0.3) is 0 Å². The van der Waals surface area contributed by atoms with Gasteiger partial charge in [-0.3, -0.25) is 4.79 Å². The van der Waals surface area contributed by atoms with Crippen LogP contribution >= 0.6 is 0 Å². The number of benzene rings is 1. The number of likely N-dealkylation sites (N-methyl/N-ethyl adjacent to an activating group) is 1. The Labute approximate surface area is 115 Å². The molecule has 0 radical (unpaired) electrons. The number of amides is 1. The summed E-state index contributed by atoms with van der Waals surface area (Å²) >= 11 is 0. The second-order valence-corrected chi connectivity index (χ2v) is 5.36. The number of carbonyl (C=O) groups is 1. The van der Waals surface area contributed by atoms with Crippen molar-refractivity contribution in [2.45, 2.75) is 51.1 Å². The molecule has 1 saturated carbocycles. The molecule has 104 valence electrons. The lowest BCUT2D eigenvalue weighted by atomic mass is 10.0. The lowest BCUT2D eigenvalue weighted by molar-refractivity contribution is -0.134. The van der Waals surface area contributed by atoms with Crippen molar-refractivity contribution in [3.8, 4) is 0 Å². The van der Waals surface area contributed by atoms with Gasteiger partial charge in [-0.25, -0.2) is 0 Å². The summed E-state index contributed by atoms with van der Waals surface area (Å²) in [7, 11) is 0. The standard InChI is InChI=1S/C16H24N2O/c1-2-18(14-10-6-7-11-14)16(19)15(17)12-13-8-4-3-5-9-13/h3-5,8-9,14-15H,2,6-7,10-12,17H2,1H3. The Bertz CT molecular complexity index is 398. The molecule has 1 unspecified atom stereocenters. The van der Waals surface area contributed by atoms with Gasteiger partial charge in [-0.2, -0.15) is 0 Å². The monoisotopic (exact) mass is 260 g/mol. The third-order valence-corrected chi connectivity index (χ3v) is 4.00. The summed E-state index contributed by atoms with van der Waals surface area (Å²) in [6.45, 7) is 2.82. The first-order valence-electron chi connectivity index (χ1n) is 7.32. The molecule has 2 N–H and O–H groups in total. The van der Waals surface area contributed by atoms with Gasteiger partial charge in [0.15, 0.2) is 0 Å².